The molecule has 152 valence electrons. The Morgan fingerprint density at radius 2 is 1.50 bits per heavy atom. The Morgan fingerprint density at radius 3 is 2.10 bits per heavy atom. The molecule has 4 N–H and O–H groups in total. The van der Waals surface area contributed by atoms with Crippen LogP contribution in [0.15, 0.2) is 72.8 Å². The van der Waals surface area contributed by atoms with Crippen LogP contribution < -0.4 is 20.7 Å². The molecule has 1 amide bonds. The molecule has 8 heteroatoms. The number of rotatable bonds is 5. The topological polar surface area (TPSA) is 99.7 Å². The van der Waals surface area contributed by atoms with E-state index in [9.17, 15) is 14.7 Å². The fraction of sp³-hybridized carbons (Fsp3) is 0.0455. The van der Waals surface area contributed by atoms with E-state index in [1.54, 1.807) is 66.7 Å². The van der Waals surface area contributed by atoms with Gasteiger partial charge >= 0.3 is 5.97 Å². The monoisotopic (exact) mass is 421 g/mol. The number of phenols is 1. The lowest BCUT2D eigenvalue weighted by Crippen LogP contribution is -2.19. The van der Waals surface area contributed by atoms with Crippen LogP contribution in [0.3, 0.4) is 0 Å². The summed E-state index contributed by atoms with van der Waals surface area (Å²) in [5, 5.41) is 19.0. The first kappa shape index (κ1) is 20.8. The number of carbonyl (C=O) groups excluding carboxylic acids is 2. The van der Waals surface area contributed by atoms with Crippen LogP contribution >= 0.6 is 12.2 Å². The average Bonchev–Trinajstić information content (AvgIpc) is 2.72. The van der Waals surface area contributed by atoms with Crippen LogP contribution in [0.1, 0.15) is 17.3 Å². The second-order valence-corrected chi connectivity index (χ2v) is 6.68. The lowest BCUT2D eigenvalue weighted by molar-refractivity contribution is -0.114. The number of benzene rings is 3. The van der Waals surface area contributed by atoms with Crippen molar-refractivity contribution >= 4 is 46.3 Å². The molecule has 30 heavy (non-hydrogen) atoms. The highest BCUT2D eigenvalue weighted by atomic mass is 32.1. The molecule has 0 fully saturated rings. The summed E-state index contributed by atoms with van der Waals surface area (Å²) in [7, 11) is 0. The van der Waals surface area contributed by atoms with E-state index in [1.807, 2.05) is 0 Å². The number of hydrogen-bond donors (Lipinski definition) is 4. The van der Waals surface area contributed by atoms with Crippen molar-refractivity contribution in [3.63, 3.8) is 0 Å². The molecular formula is C22H19N3O4S. The number of hydrogen-bond acceptors (Lipinski definition) is 5. The molecule has 3 aromatic rings. The predicted molar refractivity (Wildman–Crippen MR) is 120 cm³/mol. The molecule has 0 atom stereocenters. The molecule has 0 unspecified atom stereocenters. The van der Waals surface area contributed by atoms with Crippen molar-refractivity contribution in [1.82, 2.24) is 0 Å². The third-order valence-corrected chi connectivity index (χ3v) is 4.10. The van der Waals surface area contributed by atoms with Crippen LogP contribution in [0.2, 0.25) is 0 Å². The number of ether oxygens (including phenoxy) is 1. The van der Waals surface area contributed by atoms with E-state index in [2.05, 4.69) is 16.0 Å². The Bertz CT molecular complexity index is 1070. The van der Waals surface area contributed by atoms with Gasteiger partial charge in [-0.1, -0.05) is 18.2 Å². The van der Waals surface area contributed by atoms with Crippen molar-refractivity contribution in [1.29, 1.82) is 0 Å². The van der Waals surface area contributed by atoms with Crippen LogP contribution in [0.5, 0.6) is 11.5 Å². The summed E-state index contributed by atoms with van der Waals surface area (Å²) in [6.45, 7) is 1.44. The highest BCUT2D eigenvalue weighted by Crippen LogP contribution is 2.28. The van der Waals surface area contributed by atoms with Crippen LogP contribution in [0.25, 0.3) is 0 Å². The highest BCUT2D eigenvalue weighted by molar-refractivity contribution is 7.80. The fourth-order valence-corrected chi connectivity index (χ4v) is 2.77. The van der Waals surface area contributed by atoms with Gasteiger partial charge in [0.05, 0.1) is 11.3 Å². The first-order chi connectivity index (χ1) is 14.4. The number of aromatic hydroxyl groups is 1. The highest BCUT2D eigenvalue weighted by Gasteiger charge is 2.11. The quantitative estimate of drug-likeness (QED) is 0.210. The van der Waals surface area contributed by atoms with Crippen molar-refractivity contribution in [2.75, 3.05) is 16.0 Å². The minimum absolute atomic E-state index is 0.126. The van der Waals surface area contributed by atoms with Gasteiger partial charge in [0, 0.05) is 24.4 Å². The third kappa shape index (κ3) is 5.79. The lowest BCUT2D eigenvalue weighted by Gasteiger charge is -2.13. The molecular weight excluding hydrogens is 402 g/mol. The zero-order valence-corrected chi connectivity index (χ0v) is 16.8. The molecule has 0 saturated carbocycles. The molecule has 0 saturated heterocycles. The van der Waals surface area contributed by atoms with Crippen molar-refractivity contribution < 1.29 is 19.4 Å². The van der Waals surface area contributed by atoms with E-state index in [1.165, 1.54) is 13.0 Å². The average molecular weight is 421 g/mol. The molecule has 0 spiro atoms. The zero-order chi connectivity index (χ0) is 21.5. The standard InChI is InChI=1S/C22H19N3O4S/c1-14(26)23-16-7-9-17(10-8-16)24-22(30)25-19-12-11-18(13-20(19)27)29-21(28)15-5-3-2-4-6-15/h2-13,27H,1H3,(H,23,26)(H2,24,25,30). The largest absolute Gasteiger partial charge is 0.506 e. The molecule has 3 rings (SSSR count). The maximum Gasteiger partial charge on any atom is 0.343 e. The second kappa shape index (κ2) is 9.53. The van der Waals surface area contributed by atoms with Crippen molar-refractivity contribution in [3.8, 4) is 11.5 Å². The Balaban J connectivity index is 1.59. The van der Waals surface area contributed by atoms with Crippen LogP contribution in [-0.2, 0) is 4.79 Å². The summed E-state index contributed by atoms with van der Waals surface area (Å²) in [5.74, 6) is -0.588. The molecule has 3 aromatic carbocycles. The van der Waals surface area contributed by atoms with Crippen molar-refractivity contribution in [3.05, 3.63) is 78.4 Å². The number of nitrogens with one attached hydrogen (secondary N) is 3. The zero-order valence-electron chi connectivity index (χ0n) is 16.0. The van der Waals surface area contributed by atoms with Crippen LogP contribution in [0, 0.1) is 0 Å². The number of phenolic OH excluding ortho intramolecular Hbond substituents is 1. The van der Waals surface area contributed by atoms with Crippen molar-refractivity contribution in [2.45, 2.75) is 6.92 Å². The normalized spacial score (nSPS) is 10.0. The minimum atomic E-state index is -0.518. The summed E-state index contributed by atoms with van der Waals surface area (Å²) < 4.78 is 5.27. The number of anilines is 3. The molecule has 0 radical (unpaired) electrons. The molecule has 0 aromatic heterocycles. The number of amides is 1. The Labute approximate surface area is 178 Å². The first-order valence-corrected chi connectivity index (χ1v) is 9.37. The van der Waals surface area contributed by atoms with Gasteiger partial charge in [-0.25, -0.2) is 4.79 Å². The van der Waals surface area contributed by atoms with Crippen LogP contribution in [-0.4, -0.2) is 22.1 Å². The summed E-state index contributed by atoms with van der Waals surface area (Å²) in [5.41, 5.74) is 2.13. The molecule has 7 nitrogen and oxygen atoms in total. The van der Waals surface area contributed by atoms with Gasteiger partial charge in [-0.15, -0.1) is 0 Å². The molecule has 0 aliphatic rings. The van der Waals surface area contributed by atoms with E-state index < -0.39 is 5.97 Å². The summed E-state index contributed by atoms with van der Waals surface area (Å²) in [4.78, 5) is 23.2. The van der Waals surface area contributed by atoms with E-state index in [0.717, 1.165) is 0 Å². The van der Waals surface area contributed by atoms with E-state index in [4.69, 9.17) is 17.0 Å². The van der Waals surface area contributed by atoms with Gasteiger partial charge in [0.25, 0.3) is 0 Å². The van der Waals surface area contributed by atoms with Crippen molar-refractivity contribution in [2.24, 2.45) is 0 Å². The molecule has 0 bridgehead atoms. The second-order valence-electron chi connectivity index (χ2n) is 6.27. The number of carbonyl (C=O) groups is 2. The maximum atomic E-state index is 12.1. The van der Waals surface area contributed by atoms with Gasteiger partial charge in [0.15, 0.2) is 5.11 Å². The Kier molecular flexibility index (Phi) is 6.61. The van der Waals surface area contributed by atoms with Gasteiger partial charge < -0.3 is 25.8 Å². The fourth-order valence-electron chi connectivity index (χ4n) is 2.55. The van der Waals surface area contributed by atoms with Gasteiger partial charge in [0.2, 0.25) is 5.91 Å². The van der Waals surface area contributed by atoms with E-state index in [-0.39, 0.29) is 22.5 Å². The minimum Gasteiger partial charge on any atom is -0.506 e. The van der Waals surface area contributed by atoms with Gasteiger partial charge in [-0.3, -0.25) is 4.79 Å². The summed E-state index contributed by atoms with van der Waals surface area (Å²) in [6, 6.07) is 20.0. The number of thiocarbonyl (C=S) groups is 1. The van der Waals surface area contributed by atoms with Gasteiger partial charge in [0.1, 0.15) is 11.5 Å². The maximum absolute atomic E-state index is 12.1. The van der Waals surface area contributed by atoms with Gasteiger partial charge in [-0.2, -0.15) is 0 Å². The summed E-state index contributed by atoms with van der Waals surface area (Å²) in [6.07, 6.45) is 0. The lowest BCUT2D eigenvalue weighted by atomic mass is 10.2. The first-order valence-electron chi connectivity index (χ1n) is 8.96. The third-order valence-electron chi connectivity index (χ3n) is 3.90. The van der Waals surface area contributed by atoms with E-state index >= 15 is 0 Å². The van der Waals surface area contributed by atoms with Gasteiger partial charge in [-0.05, 0) is 60.7 Å². The predicted octanol–water partition coefficient (Wildman–Crippen LogP) is 4.38. The molecule has 0 heterocycles. The van der Waals surface area contributed by atoms with Crippen LogP contribution in [0.4, 0.5) is 17.1 Å². The number of esters is 1. The molecule has 0 aliphatic heterocycles. The SMILES string of the molecule is CC(=O)Nc1ccc(NC(=S)Nc2ccc(OC(=O)c3ccccc3)cc2O)cc1. The molecule has 0 aliphatic carbocycles. The Morgan fingerprint density at radius 1 is 0.867 bits per heavy atom. The van der Waals surface area contributed by atoms with E-state index in [0.29, 0.717) is 22.6 Å². The summed E-state index contributed by atoms with van der Waals surface area (Å²) >= 11 is 5.26. The smallest absolute Gasteiger partial charge is 0.343 e. The Hall–Kier alpha value is -3.91.